The molecule has 1 aliphatic rings. The molecule has 0 saturated heterocycles. The number of aryl methyl sites for hydroxylation is 1. The molecule has 0 N–H and O–H groups in total. The average Bonchev–Trinajstić information content (AvgIpc) is 3.46. The molecule has 0 radical (unpaired) electrons. The van der Waals surface area contributed by atoms with Gasteiger partial charge in [0.2, 0.25) is 0 Å². The molecule has 5 aromatic rings. The molecule has 0 amide bonds. The molecule has 1 aromatic carbocycles. The summed E-state index contributed by atoms with van der Waals surface area (Å²) in [6, 6.07) is 12.2. The van der Waals surface area contributed by atoms with Crippen LogP contribution in [0.2, 0.25) is 0 Å². The van der Waals surface area contributed by atoms with Crippen LogP contribution < -0.4 is 4.90 Å². The predicted molar refractivity (Wildman–Crippen MR) is 143 cm³/mol. The monoisotopic (exact) mass is 526 g/mol. The van der Waals surface area contributed by atoms with Gasteiger partial charge in [-0.2, -0.15) is 5.10 Å². The lowest BCUT2D eigenvalue weighted by Crippen LogP contribution is -2.27. The number of esters is 1. The van der Waals surface area contributed by atoms with E-state index in [2.05, 4.69) is 20.1 Å². The summed E-state index contributed by atoms with van der Waals surface area (Å²) < 4.78 is 35.8. The first-order chi connectivity index (χ1) is 19.0. The lowest BCUT2D eigenvalue weighted by Gasteiger charge is -2.32. The van der Waals surface area contributed by atoms with E-state index in [9.17, 15) is 13.6 Å². The summed E-state index contributed by atoms with van der Waals surface area (Å²) in [4.78, 5) is 27.7. The van der Waals surface area contributed by atoms with Gasteiger partial charge in [0.1, 0.15) is 5.52 Å². The second kappa shape index (κ2) is 10.2. The van der Waals surface area contributed by atoms with Crippen molar-refractivity contribution < 1.29 is 18.3 Å². The second-order valence-corrected chi connectivity index (χ2v) is 9.14. The van der Waals surface area contributed by atoms with Crippen molar-refractivity contribution in [1.29, 1.82) is 0 Å². The van der Waals surface area contributed by atoms with Crippen LogP contribution in [0.15, 0.2) is 73.4 Å². The molecule has 0 atom stereocenters. The molecule has 0 spiro atoms. The molecule has 39 heavy (non-hydrogen) atoms. The van der Waals surface area contributed by atoms with Gasteiger partial charge in [0, 0.05) is 47.3 Å². The molecule has 8 nitrogen and oxygen atoms in total. The van der Waals surface area contributed by atoms with Crippen molar-refractivity contribution in [2.24, 2.45) is 0 Å². The Morgan fingerprint density at radius 1 is 1.13 bits per heavy atom. The first kappa shape index (κ1) is 24.6. The molecular weight excluding hydrogens is 502 g/mol. The number of halogens is 2. The van der Waals surface area contributed by atoms with E-state index >= 15 is 0 Å². The topological polar surface area (TPSA) is 86.0 Å². The summed E-state index contributed by atoms with van der Waals surface area (Å²) in [6.07, 6.45) is 7.05. The molecule has 4 aromatic heterocycles. The molecule has 0 bridgehead atoms. The van der Waals surface area contributed by atoms with Gasteiger partial charge in [-0.25, -0.2) is 23.2 Å². The van der Waals surface area contributed by atoms with Crippen molar-refractivity contribution in [2.45, 2.75) is 26.2 Å². The minimum Gasteiger partial charge on any atom is -0.461 e. The second-order valence-electron chi connectivity index (χ2n) is 9.14. The standard InChI is InChI=1S/C29H24F2N6O2/c1-2-39-29(38)24-13-19-6-3-10-33-26(19)28(35-24)36-11-5-7-18-12-22(23(27(30)31)14-25(18)36)20-15-34-37(17-20)21-8-4-9-32-16-21/h3-4,6,8-10,12-17,27H,2,5,7,11H2,1H3. The lowest BCUT2D eigenvalue weighted by atomic mass is 9.93. The molecule has 10 heteroatoms. The number of hydrogen-bond donors (Lipinski definition) is 0. The Hall–Kier alpha value is -4.73. The number of carbonyl (C=O) groups is 1. The Morgan fingerprint density at radius 3 is 2.79 bits per heavy atom. The van der Waals surface area contributed by atoms with Crippen molar-refractivity contribution in [3.8, 4) is 16.8 Å². The zero-order valence-corrected chi connectivity index (χ0v) is 21.1. The first-order valence-electron chi connectivity index (χ1n) is 12.6. The highest BCUT2D eigenvalue weighted by atomic mass is 19.3. The maximum absolute atomic E-state index is 14.5. The lowest BCUT2D eigenvalue weighted by molar-refractivity contribution is 0.0520. The van der Waals surface area contributed by atoms with E-state index < -0.39 is 12.4 Å². The van der Waals surface area contributed by atoms with Gasteiger partial charge in [0.05, 0.1) is 24.7 Å². The SMILES string of the molecule is CCOC(=O)c1cc2cccnc2c(N2CCCc3cc(-c4cnn(-c5cccnc5)c4)c(C(F)F)cc32)n1. The van der Waals surface area contributed by atoms with Crippen LogP contribution >= 0.6 is 0 Å². The molecule has 0 aliphatic carbocycles. The van der Waals surface area contributed by atoms with Crippen molar-refractivity contribution in [3.63, 3.8) is 0 Å². The number of anilines is 2. The Kier molecular flexibility index (Phi) is 6.44. The van der Waals surface area contributed by atoms with E-state index in [-0.39, 0.29) is 17.9 Å². The fourth-order valence-corrected chi connectivity index (χ4v) is 4.96. The summed E-state index contributed by atoms with van der Waals surface area (Å²) in [5.74, 6) is -0.106. The molecule has 0 saturated carbocycles. The van der Waals surface area contributed by atoms with Gasteiger partial charge >= 0.3 is 5.97 Å². The molecule has 5 heterocycles. The highest BCUT2D eigenvalue weighted by molar-refractivity contribution is 5.98. The van der Waals surface area contributed by atoms with Crippen LogP contribution in [0.25, 0.3) is 27.7 Å². The molecular formula is C29H24F2N6O2. The number of rotatable bonds is 6. The zero-order valence-electron chi connectivity index (χ0n) is 21.1. The van der Waals surface area contributed by atoms with E-state index in [1.54, 1.807) is 60.8 Å². The maximum Gasteiger partial charge on any atom is 0.357 e. The van der Waals surface area contributed by atoms with Crippen LogP contribution in [0.4, 0.5) is 20.3 Å². The van der Waals surface area contributed by atoms with Gasteiger partial charge in [0.25, 0.3) is 6.43 Å². The zero-order chi connectivity index (χ0) is 26.9. The Morgan fingerprint density at radius 2 is 2.00 bits per heavy atom. The van der Waals surface area contributed by atoms with Gasteiger partial charge in [-0.3, -0.25) is 9.97 Å². The number of benzene rings is 1. The number of fused-ring (bicyclic) bond motifs is 2. The molecule has 0 unspecified atom stereocenters. The number of hydrogen-bond acceptors (Lipinski definition) is 7. The normalized spacial score (nSPS) is 13.1. The third-order valence-electron chi connectivity index (χ3n) is 6.72. The minimum absolute atomic E-state index is 0.106. The molecule has 0 fully saturated rings. The Bertz CT molecular complexity index is 1670. The van der Waals surface area contributed by atoms with Crippen LogP contribution in [0.1, 0.15) is 41.4 Å². The predicted octanol–water partition coefficient (Wildman–Crippen LogP) is 6.08. The van der Waals surface area contributed by atoms with Gasteiger partial charge in [-0.1, -0.05) is 6.07 Å². The number of alkyl halides is 2. The number of carbonyl (C=O) groups excluding carboxylic acids is 1. The summed E-state index contributed by atoms with van der Waals surface area (Å²) >= 11 is 0. The summed E-state index contributed by atoms with van der Waals surface area (Å²) in [5, 5.41) is 5.09. The van der Waals surface area contributed by atoms with Crippen LogP contribution in [-0.4, -0.2) is 43.9 Å². The van der Waals surface area contributed by atoms with Crippen LogP contribution in [-0.2, 0) is 11.2 Å². The fourth-order valence-electron chi connectivity index (χ4n) is 4.96. The third kappa shape index (κ3) is 4.58. The molecule has 196 valence electrons. The summed E-state index contributed by atoms with van der Waals surface area (Å²) in [7, 11) is 0. The number of ether oxygens (including phenoxy) is 1. The van der Waals surface area contributed by atoms with Gasteiger partial charge < -0.3 is 9.64 Å². The van der Waals surface area contributed by atoms with Gasteiger partial charge in [-0.15, -0.1) is 0 Å². The third-order valence-corrected chi connectivity index (χ3v) is 6.72. The highest BCUT2D eigenvalue weighted by Crippen LogP contribution is 2.42. The fraction of sp³-hybridized carbons (Fsp3) is 0.207. The van der Waals surface area contributed by atoms with Crippen molar-refractivity contribution in [3.05, 3.63) is 90.3 Å². The average molecular weight is 527 g/mol. The molecule has 1 aliphatic heterocycles. The van der Waals surface area contributed by atoms with E-state index in [0.717, 1.165) is 17.7 Å². The Labute approximate surface area is 222 Å². The van der Waals surface area contributed by atoms with Crippen molar-refractivity contribution in [2.75, 3.05) is 18.1 Å². The summed E-state index contributed by atoms with van der Waals surface area (Å²) in [5.41, 5.74) is 3.90. The minimum atomic E-state index is -2.72. The van der Waals surface area contributed by atoms with Crippen LogP contribution in [0.3, 0.4) is 0 Å². The highest BCUT2D eigenvalue weighted by Gasteiger charge is 2.27. The largest absolute Gasteiger partial charge is 0.461 e. The van der Waals surface area contributed by atoms with Crippen molar-refractivity contribution in [1.82, 2.24) is 24.7 Å². The van der Waals surface area contributed by atoms with Crippen molar-refractivity contribution >= 4 is 28.4 Å². The van der Waals surface area contributed by atoms with Crippen LogP contribution in [0, 0.1) is 0 Å². The molecule has 6 rings (SSSR count). The van der Waals surface area contributed by atoms with Gasteiger partial charge in [0.15, 0.2) is 11.5 Å². The Balaban J connectivity index is 1.48. The van der Waals surface area contributed by atoms with E-state index in [1.165, 1.54) is 6.07 Å². The summed E-state index contributed by atoms with van der Waals surface area (Å²) in [6.45, 7) is 2.48. The number of pyridine rings is 3. The quantitative estimate of drug-likeness (QED) is 0.248. The first-order valence-corrected chi connectivity index (χ1v) is 12.6. The van der Waals surface area contributed by atoms with Gasteiger partial charge in [-0.05, 0) is 67.3 Å². The number of nitrogens with zero attached hydrogens (tertiary/aromatic N) is 6. The maximum atomic E-state index is 14.5. The number of aromatic nitrogens is 5. The van der Waals surface area contributed by atoms with E-state index in [0.29, 0.717) is 46.5 Å². The van der Waals surface area contributed by atoms with E-state index in [4.69, 9.17) is 4.74 Å². The van der Waals surface area contributed by atoms with E-state index in [1.807, 2.05) is 23.1 Å². The van der Waals surface area contributed by atoms with Crippen LogP contribution in [0.5, 0.6) is 0 Å². The smallest absolute Gasteiger partial charge is 0.357 e.